The van der Waals surface area contributed by atoms with Crippen LogP contribution < -0.4 is 10.1 Å². The smallest absolute Gasteiger partial charge is 0.124 e. The zero-order valence-electron chi connectivity index (χ0n) is 17.3. The molecule has 4 rings (SSSR count). The second-order valence-corrected chi connectivity index (χ2v) is 8.87. The van der Waals surface area contributed by atoms with E-state index in [-0.39, 0.29) is 11.5 Å². The van der Waals surface area contributed by atoms with Gasteiger partial charge < -0.3 is 15.0 Å². The fourth-order valence-corrected chi connectivity index (χ4v) is 4.38. The number of aromatic amines is 1. The first kappa shape index (κ1) is 18.1. The van der Waals surface area contributed by atoms with Gasteiger partial charge in [0.15, 0.2) is 0 Å². The first-order valence-corrected chi connectivity index (χ1v) is 9.83. The number of hydrogen-bond acceptors (Lipinski definition) is 2. The van der Waals surface area contributed by atoms with Crippen LogP contribution in [-0.2, 0) is 11.8 Å². The number of fused-ring (bicyclic) bond motifs is 3. The van der Waals surface area contributed by atoms with Crippen molar-refractivity contribution in [2.45, 2.75) is 52.5 Å². The fraction of sp³-hybridized carbons (Fsp3) is 0.417. The van der Waals surface area contributed by atoms with E-state index < -0.39 is 0 Å². The van der Waals surface area contributed by atoms with Gasteiger partial charge in [0.25, 0.3) is 0 Å². The number of aromatic nitrogens is 1. The van der Waals surface area contributed by atoms with Crippen molar-refractivity contribution in [3.63, 3.8) is 0 Å². The maximum Gasteiger partial charge on any atom is 0.124 e. The molecule has 0 spiro atoms. The van der Waals surface area contributed by atoms with Crippen molar-refractivity contribution in [2.75, 3.05) is 13.7 Å². The maximum absolute atomic E-state index is 5.74. The minimum Gasteiger partial charge on any atom is -0.496 e. The van der Waals surface area contributed by atoms with Crippen LogP contribution in [0.15, 0.2) is 30.3 Å². The predicted octanol–water partition coefficient (Wildman–Crippen LogP) is 5.33. The van der Waals surface area contributed by atoms with Gasteiger partial charge in [-0.1, -0.05) is 38.5 Å². The normalized spacial score (nSPS) is 17.2. The molecule has 0 amide bonds. The van der Waals surface area contributed by atoms with E-state index in [1.54, 1.807) is 7.11 Å². The highest BCUT2D eigenvalue weighted by Gasteiger charge is 2.29. The summed E-state index contributed by atoms with van der Waals surface area (Å²) in [6, 6.07) is 11.3. The third-order valence-corrected chi connectivity index (χ3v) is 5.81. The number of benzene rings is 2. The van der Waals surface area contributed by atoms with E-state index in [0.29, 0.717) is 0 Å². The first-order valence-electron chi connectivity index (χ1n) is 9.83. The lowest BCUT2D eigenvalue weighted by atomic mass is 9.84. The molecule has 0 aliphatic carbocycles. The second-order valence-electron chi connectivity index (χ2n) is 8.87. The van der Waals surface area contributed by atoms with Gasteiger partial charge in [-0.25, -0.2) is 0 Å². The van der Waals surface area contributed by atoms with Crippen molar-refractivity contribution in [1.29, 1.82) is 0 Å². The molecule has 3 heteroatoms. The number of methoxy groups -OCH3 is 1. The van der Waals surface area contributed by atoms with Crippen LogP contribution in [0.1, 0.15) is 60.3 Å². The average molecular weight is 363 g/mol. The standard InChI is InChI=1S/C24H30N2O/c1-14-11-15(2)21-18(12-14)17-9-10-25-22(23(17)26-21)19-13-16(24(3,4)5)7-8-20(19)27-6/h7-8,11-13,22,25-26H,9-10H2,1-6H3. The number of aryl methyl sites for hydroxylation is 2. The van der Waals surface area contributed by atoms with Crippen molar-refractivity contribution in [2.24, 2.45) is 0 Å². The van der Waals surface area contributed by atoms with Crippen molar-refractivity contribution in [3.8, 4) is 5.75 Å². The lowest BCUT2D eigenvalue weighted by Crippen LogP contribution is -2.31. The number of hydrogen-bond donors (Lipinski definition) is 2. The molecule has 1 unspecified atom stereocenters. The van der Waals surface area contributed by atoms with Gasteiger partial charge >= 0.3 is 0 Å². The summed E-state index contributed by atoms with van der Waals surface area (Å²) in [5.74, 6) is 0.944. The first-order chi connectivity index (χ1) is 12.8. The van der Waals surface area contributed by atoms with Crippen LogP contribution in [0.4, 0.5) is 0 Å². The largest absolute Gasteiger partial charge is 0.496 e. The Bertz CT molecular complexity index is 1010. The van der Waals surface area contributed by atoms with Gasteiger partial charge in [0.2, 0.25) is 0 Å². The molecule has 1 aliphatic rings. The summed E-state index contributed by atoms with van der Waals surface area (Å²) in [5, 5.41) is 5.10. The van der Waals surface area contributed by atoms with Gasteiger partial charge in [0.1, 0.15) is 5.75 Å². The Labute approximate surface area is 162 Å². The molecule has 27 heavy (non-hydrogen) atoms. The van der Waals surface area contributed by atoms with Gasteiger partial charge in [-0.05, 0) is 60.6 Å². The molecule has 0 bridgehead atoms. The third kappa shape index (κ3) is 3.04. The topological polar surface area (TPSA) is 37.0 Å². The molecule has 0 saturated carbocycles. The SMILES string of the molecule is COc1ccc(C(C)(C)C)cc1C1NCCc2c1[nH]c1c(C)cc(C)cc21. The van der Waals surface area contributed by atoms with Crippen molar-refractivity contribution in [1.82, 2.24) is 10.3 Å². The third-order valence-electron chi connectivity index (χ3n) is 5.81. The summed E-state index contributed by atoms with van der Waals surface area (Å²) in [6.45, 7) is 12.1. The van der Waals surface area contributed by atoms with Crippen molar-refractivity contribution < 1.29 is 4.74 Å². The van der Waals surface area contributed by atoms with Gasteiger partial charge in [-0.15, -0.1) is 0 Å². The highest BCUT2D eigenvalue weighted by molar-refractivity contribution is 5.88. The number of rotatable bonds is 2. The van der Waals surface area contributed by atoms with Gasteiger partial charge in [-0.3, -0.25) is 0 Å². The Balaban J connectivity index is 1.92. The predicted molar refractivity (Wildman–Crippen MR) is 113 cm³/mol. The quantitative estimate of drug-likeness (QED) is 0.647. The van der Waals surface area contributed by atoms with Gasteiger partial charge in [-0.2, -0.15) is 0 Å². The summed E-state index contributed by atoms with van der Waals surface area (Å²) < 4.78 is 5.74. The molecule has 1 aromatic heterocycles. The molecule has 2 heterocycles. The average Bonchev–Trinajstić information content (AvgIpc) is 2.99. The summed E-state index contributed by atoms with van der Waals surface area (Å²) in [4.78, 5) is 3.75. The molecule has 3 nitrogen and oxygen atoms in total. The molecule has 142 valence electrons. The monoisotopic (exact) mass is 362 g/mol. The van der Waals surface area contributed by atoms with Crippen LogP contribution in [0.3, 0.4) is 0 Å². The van der Waals surface area contributed by atoms with E-state index in [1.807, 2.05) is 0 Å². The van der Waals surface area contributed by atoms with Crippen molar-refractivity contribution in [3.05, 3.63) is 63.8 Å². The maximum atomic E-state index is 5.74. The molecule has 1 aliphatic heterocycles. The van der Waals surface area contributed by atoms with E-state index in [4.69, 9.17) is 4.74 Å². The zero-order valence-corrected chi connectivity index (χ0v) is 17.3. The number of ether oxygens (including phenoxy) is 1. The highest BCUT2D eigenvalue weighted by atomic mass is 16.5. The molecule has 3 aromatic rings. The molecule has 1 atom stereocenters. The minimum absolute atomic E-state index is 0.104. The van der Waals surface area contributed by atoms with Crippen LogP contribution >= 0.6 is 0 Å². The Morgan fingerprint density at radius 3 is 2.56 bits per heavy atom. The molecule has 0 radical (unpaired) electrons. The Morgan fingerprint density at radius 2 is 1.85 bits per heavy atom. The lowest BCUT2D eigenvalue weighted by Gasteiger charge is -2.28. The van der Waals surface area contributed by atoms with E-state index in [9.17, 15) is 0 Å². The molecular formula is C24H30N2O. The fourth-order valence-electron chi connectivity index (χ4n) is 4.38. The molecule has 2 aromatic carbocycles. The van der Waals surface area contributed by atoms with Crippen LogP contribution in [0.5, 0.6) is 5.75 Å². The zero-order chi connectivity index (χ0) is 19.3. The second kappa shape index (κ2) is 6.42. The van der Waals surface area contributed by atoms with E-state index in [1.165, 1.54) is 44.4 Å². The lowest BCUT2D eigenvalue weighted by molar-refractivity contribution is 0.401. The summed E-state index contributed by atoms with van der Waals surface area (Å²) in [5.41, 5.74) is 9.29. The molecule has 0 fully saturated rings. The Kier molecular flexibility index (Phi) is 4.31. The van der Waals surface area contributed by atoms with E-state index in [0.717, 1.165) is 18.7 Å². The number of nitrogens with one attached hydrogen (secondary N) is 2. The summed E-state index contributed by atoms with van der Waals surface area (Å²) in [7, 11) is 1.76. The highest BCUT2D eigenvalue weighted by Crippen LogP contribution is 2.39. The summed E-state index contributed by atoms with van der Waals surface area (Å²) in [6.07, 6.45) is 1.05. The molecule has 0 saturated heterocycles. The summed E-state index contributed by atoms with van der Waals surface area (Å²) >= 11 is 0. The van der Waals surface area contributed by atoms with Crippen molar-refractivity contribution >= 4 is 10.9 Å². The van der Waals surface area contributed by atoms with Crippen LogP contribution in [0, 0.1) is 13.8 Å². The minimum atomic E-state index is 0.104. The van der Waals surface area contributed by atoms with Crippen LogP contribution in [0.25, 0.3) is 10.9 Å². The van der Waals surface area contributed by atoms with E-state index >= 15 is 0 Å². The van der Waals surface area contributed by atoms with Crippen LogP contribution in [-0.4, -0.2) is 18.6 Å². The Morgan fingerprint density at radius 1 is 1.07 bits per heavy atom. The Hall–Kier alpha value is -2.26. The van der Waals surface area contributed by atoms with Gasteiger partial charge in [0.05, 0.1) is 13.2 Å². The number of H-pyrrole nitrogens is 1. The molecule has 2 N–H and O–H groups in total. The van der Waals surface area contributed by atoms with Gasteiger partial charge in [0, 0.05) is 28.7 Å². The van der Waals surface area contributed by atoms with E-state index in [2.05, 4.69) is 75.3 Å². The van der Waals surface area contributed by atoms with Crippen LogP contribution in [0.2, 0.25) is 0 Å². The molecular weight excluding hydrogens is 332 g/mol.